The molecule has 6 heteroatoms. The maximum absolute atomic E-state index is 12.0. The number of nitro benzene ring substituents is 1. The summed E-state index contributed by atoms with van der Waals surface area (Å²) in [4.78, 5) is 22.2. The van der Waals surface area contributed by atoms with Crippen LogP contribution in [0, 0.1) is 10.1 Å². The van der Waals surface area contributed by atoms with Gasteiger partial charge >= 0.3 is 0 Å². The smallest absolute Gasteiger partial charge is 0.282 e. The number of hydrogen-bond donors (Lipinski definition) is 1. The normalized spacial score (nSPS) is 14.7. The molecule has 0 aromatic heterocycles. The summed E-state index contributed by atoms with van der Waals surface area (Å²) in [6, 6.07) is 3.96. The van der Waals surface area contributed by atoms with Crippen LogP contribution in [-0.4, -0.2) is 16.9 Å². The van der Waals surface area contributed by atoms with E-state index < -0.39 is 10.8 Å². The van der Waals surface area contributed by atoms with Crippen molar-refractivity contribution in [3.8, 4) is 0 Å². The summed E-state index contributed by atoms with van der Waals surface area (Å²) >= 11 is 5.77. The van der Waals surface area contributed by atoms with Gasteiger partial charge in [-0.2, -0.15) is 0 Å². The zero-order chi connectivity index (χ0) is 13.1. The third-order valence-electron chi connectivity index (χ3n) is 2.74. The highest BCUT2D eigenvalue weighted by molar-refractivity contribution is 6.31. The fourth-order valence-corrected chi connectivity index (χ4v) is 2.02. The van der Waals surface area contributed by atoms with E-state index in [1.165, 1.54) is 18.2 Å². The van der Waals surface area contributed by atoms with Gasteiger partial charge in [-0.15, -0.1) is 0 Å². The second kappa shape index (κ2) is 5.18. The number of nitrogens with zero attached hydrogens (tertiary/aromatic N) is 1. The standard InChI is InChI=1S/C12H11ClN2O3/c13-8-5-6-11(15(17)18)10(7-8)12(16)14-9-3-1-2-4-9/h1-2,5-7,9H,3-4H2,(H,14,16). The first-order chi connectivity index (χ1) is 8.58. The van der Waals surface area contributed by atoms with Gasteiger partial charge in [0.2, 0.25) is 0 Å². The Bertz CT molecular complexity index is 520. The molecule has 0 saturated carbocycles. The minimum absolute atomic E-state index is 0.000556. The monoisotopic (exact) mass is 266 g/mol. The molecule has 0 spiro atoms. The second-order valence-electron chi connectivity index (χ2n) is 4.03. The Morgan fingerprint density at radius 3 is 2.67 bits per heavy atom. The summed E-state index contributed by atoms with van der Waals surface area (Å²) in [5, 5.41) is 13.9. The van der Waals surface area contributed by atoms with Crippen LogP contribution in [0.1, 0.15) is 23.2 Å². The van der Waals surface area contributed by atoms with Crippen LogP contribution in [0.2, 0.25) is 5.02 Å². The van der Waals surface area contributed by atoms with Gasteiger partial charge in [-0.25, -0.2) is 0 Å². The van der Waals surface area contributed by atoms with Crippen molar-refractivity contribution in [1.82, 2.24) is 5.32 Å². The molecule has 1 aromatic carbocycles. The molecule has 0 radical (unpaired) electrons. The van der Waals surface area contributed by atoms with E-state index in [4.69, 9.17) is 11.6 Å². The quantitative estimate of drug-likeness (QED) is 0.519. The van der Waals surface area contributed by atoms with Crippen LogP contribution in [0.3, 0.4) is 0 Å². The van der Waals surface area contributed by atoms with Gasteiger partial charge < -0.3 is 5.32 Å². The van der Waals surface area contributed by atoms with Crippen LogP contribution < -0.4 is 5.32 Å². The first-order valence-corrected chi connectivity index (χ1v) is 5.85. The molecule has 5 nitrogen and oxygen atoms in total. The van der Waals surface area contributed by atoms with Crippen LogP contribution in [0.5, 0.6) is 0 Å². The maximum atomic E-state index is 12.0. The number of halogens is 1. The number of hydrogen-bond acceptors (Lipinski definition) is 3. The van der Waals surface area contributed by atoms with Crippen molar-refractivity contribution < 1.29 is 9.72 Å². The van der Waals surface area contributed by atoms with Gasteiger partial charge in [0, 0.05) is 17.1 Å². The zero-order valence-electron chi connectivity index (χ0n) is 9.43. The van der Waals surface area contributed by atoms with Crippen molar-refractivity contribution in [3.63, 3.8) is 0 Å². The largest absolute Gasteiger partial charge is 0.348 e. The predicted molar refractivity (Wildman–Crippen MR) is 67.7 cm³/mol. The minimum atomic E-state index is -0.585. The van der Waals surface area contributed by atoms with Crippen molar-refractivity contribution in [3.05, 3.63) is 51.1 Å². The van der Waals surface area contributed by atoms with E-state index in [2.05, 4.69) is 5.32 Å². The molecule has 1 amide bonds. The average molecular weight is 267 g/mol. The summed E-state index contributed by atoms with van der Waals surface area (Å²) in [6.07, 6.45) is 5.44. The molecule has 0 saturated heterocycles. The Hall–Kier alpha value is -1.88. The van der Waals surface area contributed by atoms with Crippen molar-refractivity contribution in [1.29, 1.82) is 0 Å². The van der Waals surface area contributed by atoms with Gasteiger partial charge in [-0.05, 0) is 25.0 Å². The maximum Gasteiger partial charge on any atom is 0.282 e. The van der Waals surface area contributed by atoms with Crippen molar-refractivity contribution >= 4 is 23.2 Å². The average Bonchev–Trinajstić information content (AvgIpc) is 2.81. The summed E-state index contributed by atoms with van der Waals surface area (Å²) in [5.74, 6) is -0.460. The highest BCUT2D eigenvalue weighted by Gasteiger charge is 2.22. The van der Waals surface area contributed by atoms with Crippen molar-refractivity contribution in [2.45, 2.75) is 18.9 Å². The second-order valence-corrected chi connectivity index (χ2v) is 4.47. The summed E-state index contributed by atoms with van der Waals surface area (Å²) < 4.78 is 0. The highest BCUT2D eigenvalue weighted by atomic mass is 35.5. The summed E-state index contributed by atoms with van der Waals surface area (Å²) in [6.45, 7) is 0. The summed E-state index contributed by atoms with van der Waals surface area (Å²) in [7, 11) is 0. The van der Waals surface area contributed by atoms with Crippen molar-refractivity contribution in [2.75, 3.05) is 0 Å². The molecule has 0 heterocycles. The van der Waals surface area contributed by atoms with E-state index in [1.54, 1.807) is 0 Å². The van der Waals surface area contributed by atoms with Gasteiger partial charge in [0.25, 0.3) is 11.6 Å². The topological polar surface area (TPSA) is 72.2 Å². The van der Waals surface area contributed by atoms with Gasteiger partial charge in [-0.3, -0.25) is 14.9 Å². The molecule has 0 fully saturated rings. The number of amides is 1. The molecule has 94 valence electrons. The van der Waals surface area contributed by atoms with Gasteiger partial charge in [0.1, 0.15) is 5.56 Å². The number of nitro groups is 1. The Kier molecular flexibility index (Phi) is 3.62. The molecule has 0 atom stereocenters. The third kappa shape index (κ3) is 2.68. The van der Waals surface area contributed by atoms with E-state index in [1.807, 2.05) is 12.2 Å². The van der Waals surface area contributed by atoms with E-state index >= 15 is 0 Å². The molecule has 1 N–H and O–H groups in total. The lowest BCUT2D eigenvalue weighted by Gasteiger charge is -2.12. The lowest BCUT2D eigenvalue weighted by molar-refractivity contribution is -0.385. The lowest BCUT2D eigenvalue weighted by Crippen LogP contribution is -2.33. The minimum Gasteiger partial charge on any atom is -0.348 e. The van der Waals surface area contributed by atoms with Gasteiger partial charge in [0.15, 0.2) is 0 Å². The van der Waals surface area contributed by atoms with Crippen LogP contribution in [0.4, 0.5) is 5.69 Å². The van der Waals surface area contributed by atoms with Crippen LogP contribution >= 0.6 is 11.6 Å². The Labute approximate surface area is 109 Å². The number of nitrogens with one attached hydrogen (secondary N) is 1. The number of carbonyl (C=O) groups excluding carboxylic acids is 1. The molecule has 0 unspecified atom stereocenters. The molecule has 18 heavy (non-hydrogen) atoms. The highest BCUT2D eigenvalue weighted by Crippen LogP contribution is 2.23. The van der Waals surface area contributed by atoms with Crippen molar-refractivity contribution in [2.24, 2.45) is 0 Å². The fraction of sp³-hybridized carbons (Fsp3) is 0.250. The molecular formula is C12H11ClN2O3. The molecule has 2 rings (SSSR count). The molecule has 1 aromatic rings. The molecular weight excluding hydrogens is 256 g/mol. The van der Waals surface area contributed by atoms with Gasteiger partial charge in [0.05, 0.1) is 4.92 Å². The number of benzene rings is 1. The molecule has 0 aliphatic heterocycles. The third-order valence-corrected chi connectivity index (χ3v) is 2.98. The Morgan fingerprint density at radius 2 is 2.06 bits per heavy atom. The Balaban J connectivity index is 2.22. The molecule has 0 bridgehead atoms. The van der Waals surface area contributed by atoms with Gasteiger partial charge in [-0.1, -0.05) is 23.8 Å². The molecule has 1 aliphatic rings. The van der Waals surface area contributed by atoms with E-state index in [0.717, 1.165) is 12.8 Å². The predicted octanol–water partition coefficient (Wildman–Crippen LogP) is 2.70. The fourth-order valence-electron chi connectivity index (χ4n) is 1.85. The first-order valence-electron chi connectivity index (χ1n) is 5.47. The lowest BCUT2D eigenvalue weighted by atomic mass is 10.1. The Morgan fingerprint density at radius 1 is 1.39 bits per heavy atom. The molecule has 1 aliphatic carbocycles. The summed E-state index contributed by atoms with van der Waals surface area (Å²) in [5.41, 5.74) is -0.234. The van der Waals surface area contributed by atoms with Crippen LogP contribution in [0.25, 0.3) is 0 Å². The number of carbonyl (C=O) groups is 1. The van der Waals surface area contributed by atoms with E-state index in [0.29, 0.717) is 5.02 Å². The first kappa shape index (κ1) is 12.6. The zero-order valence-corrected chi connectivity index (χ0v) is 10.2. The number of rotatable bonds is 3. The van der Waals surface area contributed by atoms with E-state index in [9.17, 15) is 14.9 Å². The SMILES string of the molecule is O=C(NC1CC=CC1)c1cc(Cl)ccc1[N+](=O)[O-]. The van der Waals surface area contributed by atoms with Crippen LogP contribution in [0.15, 0.2) is 30.4 Å². The van der Waals surface area contributed by atoms with Crippen LogP contribution in [-0.2, 0) is 0 Å². The van der Waals surface area contributed by atoms with E-state index in [-0.39, 0.29) is 17.3 Å².